The second-order valence-electron chi connectivity index (χ2n) is 5.44. The van der Waals surface area contributed by atoms with Gasteiger partial charge in [0.25, 0.3) is 5.91 Å². The number of hydrogen-bond donors (Lipinski definition) is 1. The molecule has 1 amide bonds. The van der Waals surface area contributed by atoms with Crippen molar-refractivity contribution in [2.45, 2.75) is 26.2 Å². The molecule has 0 spiro atoms. The topological polar surface area (TPSA) is 41.6 Å². The zero-order valence-electron chi connectivity index (χ0n) is 11.3. The standard InChI is InChI=1S/C14H20N2O2S/c1-10-2-3-11-12(9-19-13(11)8-10)14(17)15-16-4-6-18-7-5-16/h9-10H,2-8H2,1H3,(H,15,17)/t10-/m0/s1. The zero-order valence-corrected chi connectivity index (χ0v) is 12.1. The van der Waals surface area contributed by atoms with Crippen LogP contribution in [-0.4, -0.2) is 37.2 Å². The van der Waals surface area contributed by atoms with Gasteiger partial charge in [-0.25, -0.2) is 5.01 Å². The molecular formula is C14H20N2O2S. The van der Waals surface area contributed by atoms with E-state index in [0.717, 1.165) is 37.4 Å². The van der Waals surface area contributed by atoms with Gasteiger partial charge in [0.2, 0.25) is 0 Å². The number of hydrogen-bond acceptors (Lipinski definition) is 4. The van der Waals surface area contributed by atoms with Crippen molar-refractivity contribution in [1.82, 2.24) is 10.4 Å². The van der Waals surface area contributed by atoms with Crippen LogP contribution < -0.4 is 5.43 Å². The molecule has 1 N–H and O–H groups in total. The summed E-state index contributed by atoms with van der Waals surface area (Å²) in [6.45, 7) is 5.22. The van der Waals surface area contributed by atoms with E-state index in [2.05, 4.69) is 12.3 Å². The Bertz CT molecular complexity index is 466. The van der Waals surface area contributed by atoms with Gasteiger partial charge in [-0.15, -0.1) is 11.3 Å². The largest absolute Gasteiger partial charge is 0.379 e. The van der Waals surface area contributed by atoms with Gasteiger partial charge in [0.05, 0.1) is 18.8 Å². The van der Waals surface area contributed by atoms with Crippen molar-refractivity contribution in [3.63, 3.8) is 0 Å². The first-order chi connectivity index (χ1) is 9.24. The molecule has 1 saturated heterocycles. The molecule has 104 valence electrons. The molecular weight excluding hydrogens is 260 g/mol. The Hall–Kier alpha value is -0.910. The number of hydrazine groups is 1. The minimum atomic E-state index is 0.0500. The van der Waals surface area contributed by atoms with E-state index in [-0.39, 0.29) is 5.91 Å². The Labute approximate surface area is 117 Å². The van der Waals surface area contributed by atoms with Crippen LogP contribution in [0.3, 0.4) is 0 Å². The summed E-state index contributed by atoms with van der Waals surface area (Å²) >= 11 is 1.74. The third-order valence-corrected chi connectivity index (χ3v) is 4.97. The highest BCUT2D eigenvalue weighted by Gasteiger charge is 2.24. The van der Waals surface area contributed by atoms with E-state index in [1.165, 1.54) is 16.9 Å². The van der Waals surface area contributed by atoms with Crippen molar-refractivity contribution in [3.8, 4) is 0 Å². The Kier molecular flexibility index (Phi) is 3.86. The summed E-state index contributed by atoms with van der Waals surface area (Å²) in [6, 6.07) is 0. The van der Waals surface area contributed by atoms with E-state index in [0.29, 0.717) is 13.2 Å². The summed E-state index contributed by atoms with van der Waals surface area (Å²) < 4.78 is 5.28. The number of amides is 1. The van der Waals surface area contributed by atoms with Crippen molar-refractivity contribution in [2.24, 2.45) is 5.92 Å². The highest BCUT2D eigenvalue weighted by Crippen LogP contribution is 2.32. The molecule has 0 aromatic carbocycles. The molecule has 0 radical (unpaired) electrons. The van der Waals surface area contributed by atoms with Gasteiger partial charge in [-0.2, -0.15) is 0 Å². The quantitative estimate of drug-likeness (QED) is 0.899. The molecule has 3 rings (SSSR count). The SMILES string of the molecule is C[C@H]1CCc2c(C(=O)NN3CCOCC3)csc2C1. The van der Waals surface area contributed by atoms with Crippen LogP contribution >= 0.6 is 11.3 Å². The van der Waals surface area contributed by atoms with Crippen LogP contribution in [0.1, 0.15) is 34.1 Å². The minimum Gasteiger partial charge on any atom is -0.379 e. The number of rotatable bonds is 2. The highest BCUT2D eigenvalue weighted by molar-refractivity contribution is 7.10. The van der Waals surface area contributed by atoms with Crippen LogP contribution in [0.25, 0.3) is 0 Å². The van der Waals surface area contributed by atoms with Gasteiger partial charge < -0.3 is 4.74 Å². The Morgan fingerprint density at radius 3 is 3.05 bits per heavy atom. The fourth-order valence-corrected chi connectivity index (χ4v) is 3.99. The number of nitrogens with zero attached hydrogens (tertiary/aromatic N) is 1. The van der Waals surface area contributed by atoms with Crippen LogP contribution in [-0.2, 0) is 17.6 Å². The number of thiophene rings is 1. The number of carbonyl (C=O) groups excluding carboxylic acids is 1. The summed E-state index contributed by atoms with van der Waals surface area (Å²) in [5.41, 5.74) is 5.18. The number of ether oxygens (including phenoxy) is 1. The van der Waals surface area contributed by atoms with E-state index in [1.807, 2.05) is 10.4 Å². The lowest BCUT2D eigenvalue weighted by atomic mass is 9.88. The number of carbonyl (C=O) groups is 1. The number of nitrogens with one attached hydrogen (secondary N) is 1. The normalized spacial score (nSPS) is 23.9. The molecule has 0 unspecified atom stereocenters. The van der Waals surface area contributed by atoms with Gasteiger partial charge in [0.15, 0.2) is 0 Å². The lowest BCUT2D eigenvalue weighted by Gasteiger charge is -2.27. The predicted octanol–water partition coefficient (Wildman–Crippen LogP) is 1.85. The van der Waals surface area contributed by atoms with Crippen molar-refractivity contribution in [1.29, 1.82) is 0 Å². The van der Waals surface area contributed by atoms with Gasteiger partial charge >= 0.3 is 0 Å². The van der Waals surface area contributed by atoms with Gasteiger partial charge in [0.1, 0.15) is 0 Å². The second-order valence-corrected chi connectivity index (χ2v) is 6.40. The van der Waals surface area contributed by atoms with Crippen LogP contribution in [0.4, 0.5) is 0 Å². The molecule has 5 heteroatoms. The molecule has 19 heavy (non-hydrogen) atoms. The Balaban J connectivity index is 1.70. The molecule has 2 aliphatic rings. The molecule has 4 nitrogen and oxygen atoms in total. The van der Waals surface area contributed by atoms with Crippen molar-refractivity contribution in [2.75, 3.05) is 26.3 Å². The van der Waals surface area contributed by atoms with E-state index in [9.17, 15) is 4.79 Å². The van der Waals surface area contributed by atoms with E-state index in [4.69, 9.17) is 4.74 Å². The van der Waals surface area contributed by atoms with E-state index >= 15 is 0 Å². The van der Waals surface area contributed by atoms with E-state index in [1.54, 1.807) is 11.3 Å². The molecule has 1 fully saturated rings. The molecule has 1 aromatic rings. The molecule has 0 saturated carbocycles. The maximum atomic E-state index is 12.3. The second kappa shape index (κ2) is 5.61. The monoisotopic (exact) mass is 280 g/mol. The third-order valence-electron chi connectivity index (χ3n) is 3.92. The lowest BCUT2D eigenvalue weighted by Crippen LogP contribution is -2.48. The molecule has 1 aliphatic heterocycles. The Morgan fingerprint density at radius 2 is 2.26 bits per heavy atom. The molecule has 1 aliphatic carbocycles. The van der Waals surface area contributed by atoms with Crippen LogP contribution in [0.2, 0.25) is 0 Å². The van der Waals surface area contributed by atoms with Crippen molar-refractivity contribution >= 4 is 17.2 Å². The van der Waals surface area contributed by atoms with Crippen molar-refractivity contribution < 1.29 is 9.53 Å². The van der Waals surface area contributed by atoms with Crippen molar-refractivity contribution in [3.05, 3.63) is 21.4 Å². The fourth-order valence-electron chi connectivity index (χ4n) is 2.75. The Morgan fingerprint density at radius 1 is 1.47 bits per heavy atom. The number of morpholine rings is 1. The van der Waals surface area contributed by atoms with Gasteiger partial charge in [-0.05, 0) is 30.7 Å². The van der Waals surface area contributed by atoms with Crippen LogP contribution in [0, 0.1) is 5.92 Å². The maximum Gasteiger partial charge on any atom is 0.266 e. The van der Waals surface area contributed by atoms with E-state index < -0.39 is 0 Å². The van der Waals surface area contributed by atoms with Crippen LogP contribution in [0.15, 0.2) is 5.38 Å². The average molecular weight is 280 g/mol. The van der Waals surface area contributed by atoms with Gasteiger partial charge in [-0.1, -0.05) is 6.92 Å². The number of fused-ring (bicyclic) bond motifs is 1. The third kappa shape index (κ3) is 2.83. The molecule has 1 aromatic heterocycles. The zero-order chi connectivity index (χ0) is 13.2. The first-order valence-electron chi connectivity index (χ1n) is 6.97. The lowest BCUT2D eigenvalue weighted by molar-refractivity contribution is 0.0126. The first-order valence-corrected chi connectivity index (χ1v) is 7.85. The average Bonchev–Trinajstić information content (AvgIpc) is 2.82. The maximum absolute atomic E-state index is 12.3. The fraction of sp³-hybridized carbons (Fsp3) is 0.643. The molecule has 0 bridgehead atoms. The van der Waals surface area contributed by atoms with Crippen LogP contribution in [0.5, 0.6) is 0 Å². The smallest absolute Gasteiger partial charge is 0.266 e. The summed E-state index contributed by atoms with van der Waals surface area (Å²) in [4.78, 5) is 13.7. The molecule has 1 atom stereocenters. The first kappa shape index (κ1) is 13.1. The summed E-state index contributed by atoms with van der Waals surface area (Å²) in [5.74, 6) is 0.801. The summed E-state index contributed by atoms with van der Waals surface area (Å²) in [6.07, 6.45) is 3.37. The summed E-state index contributed by atoms with van der Waals surface area (Å²) in [7, 11) is 0. The molecule has 2 heterocycles. The van der Waals surface area contributed by atoms with Gasteiger partial charge in [0, 0.05) is 23.3 Å². The van der Waals surface area contributed by atoms with Gasteiger partial charge in [-0.3, -0.25) is 10.2 Å². The minimum absolute atomic E-state index is 0.0500. The predicted molar refractivity (Wildman–Crippen MR) is 75.4 cm³/mol. The highest BCUT2D eigenvalue weighted by atomic mass is 32.1. The summed E-state index contributed by atoms with van der Waals surface area (Å²) in [5, 5.41) is 3.99.